The number of alkyl halides is 2. The van der Waals surface area contributed by atoms with Crippen LogP contribution in [-0.4, -0.2) is 61.1 Å². The fourth-order valence-electron chi connectivity index (χ4n) is 7.36. The van der Waals surface area contributed by atoms with Gasteiger partial charge in [-0.15, -0.1) is 11.8 Å². The van der Waals surface area contributed by atoms with E-state index in [1.54, 1.807) is 11.8 Å². The molecule has 0 aromatic carbocycles. The van der Waals surface area contributed by atoms with Crippen LogP contribution in [-0.2, 0) is 14.3 Å². The number of carbonyl (C=O) groups excluding carboxylic acids is 2. The summed E-state index contributed by atoms with van der Waals surface area (Å²) in [6.45, 7) is 0.895. The number of pyridine rings is 1. The molecule has 1 N–H and O–H groups in total. The molecule has 4 saturated carbocycles. The predicted octanol–water partition coefficient (Wildman–Crippen LogP) is 4.89. The number of nitrogens with zero attached hydrogens (tertiary/aromatic N) is 2. The van der Waals surface area contributed by atoms with Gasteiger partial charge in [0.25, 0.3) is 5.91 Å². The number of nitrogens with one attached hydrogen (secondary N) is 1. The summed E-state index contributed by atoms with van der Waals surface area (Å²) in [5.41, 5.74) is -0.154. The number of halogens is 2. The van der Waals surface area contributed by atoms with Gasteiger partial charge < -0.3 is 19.7 Å². The summed E-state index contributed by atoms with van der Waals surface area (Å²) in [6.07, 6.45) is 6.08. The maximum atomic E-state index is 13.5. The zero-order valence-corrected chi connectivity index (χ0v) is 22.4. The van der Waals surface area contributed by atoms with E-state index < -0.39 is 12.2 Å². The Labute approximate surface area is 221 Å². The lowest BCUT2D eigenvalue weighted by molar-refractivity contribution is -0.260. The fraction of sp³-hybridized carbons (Fsp3) is 0.741. The van der Waals surface area contributed by atoms with E-state index in [-0.39, 0.29) is 35.7 Å². The first kappa shape index (κ1) is 26.7. The third kappa shape index (κ3) is 5.75. The van der Waals surface area contributed by atoms with E-state index in [0.29, 0.717) is 37.2 Å². The van der Waals surface area contributed by atoms with Crippen LogP contribution in [0.4, 0.5) is 14.6 Å². The van der Waals surface area contributed by atoms with Gasteiger partial charge in [0.1, 0.15) is 10.8 Å². The molecule has 4 bridgehead atoms. The van der Waals surface area contributed by atoms with Gasteiger partial charge in [0, 0.05) is 19.1 Å². The van der Waals surface area contributed by atoms with Crippen molar-refractivity contribution in [3.63, 3.8) is 0 Å². The summed E-state index contributed by atoms with van der Waals surface area (Å²) in [5, 5.41) is 4.01. The highest BCUT2D eigenvalue weighted by molar-refractivity contribution is 7.99. The second kappa shape index (κ2) is 11.0. The maximum Gasteiger partial charge on any atom is 0.345 e. The van der Waals surface area contributed by atoms with Crippen LogP contribution in [0.3, 0.4) is 0 Å². The smallest absolute Gasteiger partial charge is 0.345 e. The molecule has 2 heterocycles. The van der Waals surface area contributed by atoms with Crippen molar-refractivity contribution in [1.29, 1.82) is 0 Å². The van der Waals surface area contributed by atoms with Crippen molar-refractivity contribution in [1.82, 2.24) is 10.3 Å². The van der Waals surface area contributed by atoms with Gasteiger partial charge in [0.05, 0.1) is 24.7 Å². The Hall–Kier alpha value is -1.94. The zero-order valence-electron chi connectivity index (χ0n) is 21.6. The SMILES string of the molecule is CCCSc1nc(N2CC[C@@H](CC(=O)OC)C2)ccc1C(=O)N[C@H]1C2CC3CC1C[C@](OC(F)F)(C3)C2. The average molecular weight is 538 g/mol. The summed E-state index contributed by atoms with van der Waals surface area (Å²) < 4.78 is 36.2. The number of amides is 1. The summed E-state index contributed by atoms with van der Waals surface area (Å²) in [6, 6.07) is 3.74. The first-order valence-corrected chi connectivity index (χ1v) is 14.5. The minimum atomic E-state index is -2.75. The van der Waals surface area contributed by atoms with E-state index in [2.05, 4.69) is 17.1 Å². The Morgan fingerprint density at radius 3 is 2.68 bits per heavy atom. The molecule has 3 atom stereocenters. The second-order valence-corrected chi connectivity index (χ2v) is 12.4. The van der Waals surface area contributed by atoms with Gasteiger partial charge in [-0.3, -0.25) is 9.59 Å². The summed E-state index contributed by atoms with van der Waals surface area (Å²) in [5.74, 6) is 2.33. The molecule has 4 aliphatic carbocycles. The highest BCUT2D eigenvalue weighted by Crippen LogP contribution is 2.57. The summed E-state index contributed by atoms with van der Waals surface area (Å²) >= 11 is 1.58. The van der Waals surface area contributed by atoms with Gasteiger partial charge in [-0.25, -0.2) is 4.98 Å². The van der Waals surface area contributed by atoms with E-state index in [4.69, 9.17) is 14.5 Å². The van der Waals surface area contributed by atoms with Crippen molar-refractivity contribution < 1.29 is 27.8 Å². The van der Waals surface area contributed by atoms with Crippen LogP contribution in [0, 0.1) is 23.7 Å². The lowest BCUT2D eigenvalue weighted by Gasteiger charge is -2.59. The minimum Gasteiger partial charge on any atom is -0.469 e. The average Bonchev–Trinajstić information content (AvgIpc) is 3.31. The maximum absolute atomic E-state index is 13.5. The molecule has 7 nitrogen and oxygen atoms in total. The molecular weight excluding hydrogens is 500 g/mol. The molecule has 0 radical (unpaired) electrons. The number of hydrogen-bond acceptors (Lipinski definition) is 7. The molecule has 0 spiro atoms. The number of esters is 1. The Kier molecular flexibility index (Phi) is 7.96. The predicted molar refractivity (Wildman–Crippen MR) is 137 cm³/mol. The molecule has 1 saturated heterocycles. The minimum absolute atomic E-state index is 0.0141. The zero-order chi connectivity index (χ0) is 26.2. The van der Waals surface area contributed by atoms with Crippen molar-refractivity contribution in [3.8, 4) is 0 Å². The first-order valence-electron chi connectivity index (χ1n) is 13.5. The first-order chi connectivity index (χ1) is 17.8. The largest absolute Gasteiger partial charge is 0.469 e. The van der Waals surface area contributed by atoms with Crippen molar-refractivity contribution in [3.05, 3.63) is 17.7 Å². The molecule has 5 aliphatic rings. The van der Waals surface area contributed by atoms with Crippen molar-refractivity contribution in [2.75, 3.05) is 30.9 Å². The van der Waals surface area contributed by atoms with E-state index >= 15 is 0 Å². The number of ether oxygens (including phenoxy) is 2. The highest BCUT2D eigenvalue weighted by atomic mass is 32.2. The van der Waals surface area contributed by atoms with Crippen LogP contribution in [0.1, 0.15) is 68.6 Å². The quantitative estimate of drug-likeness (QED) is 0.336. The number of rotatable bonds is 10. The van der Waals surface area contributed by atoms with Crippen LogP contribution in [0.5, 0.6) is 0 Å². The van der Waals surface area contributed by atoms with Gasteiger partial charge in [-0.2, -0.15) is 8.78 Å². The number of carbonyl (C=O) groups is 2. The van der Waals surface area contributed by atoms with Crippen LogP contribution in [0.15, 0.2) is 17.2 Å². The lowest BCUT2D eigenvalue weighted by atomic mass is 9.52. The van der Waals surface area contributed by atoms with Crippen LogP contribution >= 0.6 is 11.8 Å². The summed E-state index contributed by atoms with van der Waals surface area (Å²) in [4.78, 5) is 32.3. The van der Waals surface area contributed by atoms with Gasteiger partial charge in [-0.1, -0.05) is 6.92 Å². The molecule has 10 heteroatoms. The Morgan fingerprint density at radius 2 is 2.00 bits per heavy atom. The van der Waals surface area contributed by atoms with E-state index in [0.717, 1.165) is 55.4 Å². The topological polar surface area (TPSA) is 80.8 Å². The second-order valence-electron chi connectivity index (χ2n) is 11.3. The van der Waals surface area contributed by atoms with Crippen molar-refractivity contribution >= 4 is 29.5 Å². The third-order valence-corrected chi connectivity index (χ3v) is 9.88. The molecular formula is C27H37F2N3O4S. The van der Waals surface area contributed by atoms with Crippen LogP contribution < -0.4 is 10.2 Å². The molecule has 2 unspecified atom stereocenters. The van der Waals surface area contributed by atoms with Crippen LogP contribution in [0.2, 0.25) is 0 Å². The van der Waals surface area contributed by atoms with Crippen molar-refractivity contribution in [2.45, 2.75) is 81.6 Å². The molecule has 5 fully saturated rings. The molecule has 1 aliphatic heterocycles. The molecule has 1 aromatic heterocycles. The molecule has 1 aromatic rings. The number of hydrogen-bond donors (Lipinski definition) is 1. The van der Waals surface area contributed by atoms with E-state index in [1.807, 2.05) is 12.1 Å². The third-order valence-electron chi connectivity index (χ3n) is 8.68. The van der Waals surface area contributed by atoms with Gasteiger partial charge in [0.15, 0.2) is 0 Å². The molecule has 1 amide bonds. The Balaban J connectivity index is 1.28. The summed E-state index contributed by atoms with van der Waals surface area (Å²) in [7, 11) is 1.41. The number of aromatic nitrogens is 1. The normalized spacial score (nSPS) is 32.2. The molecule has 37 heavy (non-hydrogen) atoms. The highest BCUT2D eigenvalue weighted by Gasteiger charge is 2.57. The van der Waals surface area contributed by atoms with E-state index in [1.165, 1.54) is 7.11 Å². The number of anilines is 1. The fourth-order valence-corrected chi connectivity index (χ4v) is 8.23. The number of methoxy groups -OCH3 is 1. The lowest BCUT2D eigenvalue weighted by Crippen LogP contribution is -2.62. The van der Waals surface area contributed by atoms with Gasteiger partial charge >= 0.3 is 12.6 Å². The Morgan fingerprint density at radius 1 is 1.24 bits per heavy atom. The van der Waals surface area contributed by atoms with E-state index in [9.17, 15) is 18.4 Å². The standard InChI is InChI=1S/C27H37F2N3O4S/c1-3-8-37-25-20(4-5-21(30-25)32-7-6-16(15-32)11-22(33)35-2)24(34)31-23-18-9-17-10-19(23)14-27(12-17,13-18)36-26(28)29/h4-5,16-19,23,26H,3,6-15H2,1-2H3,(H,31,34)/t16-,17?,18?,19?,23-,27-/m0/s1. The van der Waals surface area contributed by atoms with Gasteiger partial charge in [0.2, 0.25) is 0 Å². The number of thioether (sulfide) groups is 1. The van der Waals surface area contributed by atoms with Crippen molar-refractivity contribution in [2.24, 2.45) is 23.7 Å². The van der Waals surface area contributed by atoms with Crippen LogP contribution in [0.25, 0.3) is 0 Å². The monoisotopic (exact) mass is 537 g/mol. The van der Waals surface area contributed by atoms with Gasteiger partial charge in [-0.05, 0) is 86.5 Å². The Bertz CT molecular complexity index is 992. The molecule has 204 valence electrons. The molecule has 6 rings (SSSR count).